The van der Waals surface area contributed by atoms with Crippen molar-refractivity contribution in [2.75, 3.05) is 0 Å². The van der Waals surface area contributed by atoms with Gasteiger partial charge in [-0.1, -0.05) is 12.1 Å². The molecular weight excluding hydrogens is 416 g/mol. The second-order valence-corrected chi connectivity index (χ2v) is 9.32. The second kappa shape index (κ2) is 8.79. The van der Waals surface area contributed by atoms with Gasteiger partial charge in [0.05, 0.1) is 10.6 Å². The van der Waals surface area contributed by atoms with E-state index in [1.807, 2.05) is 54.1 Å². The number of nitrogens with one attached hydrogen (secondary N) is 1. The van der Waals surface area contributed by atoms with Gasteiger partial charge < -0.3 is 4.74 Å². The molecule has 0 atom stereocenters. The van der Waals surface area contributed by atoms with Crippen LogP contribution in [0.25, 0.3) is 11.3 Å². The molecule has 1 N–H and O–H groups in total. The van der Waals surface area contributed by atoms with Crippen molar-refractivity contribution in [3.05, 3.63) is 94.8 Å². The lowest BCUT2D eigenvalue weighted by Crippen LogP contribution is -2.23. The van der Waals surface area contributed by atoms with Crippen LogP contribution in [0.2, 0.25) is 0 Å². The number of sulfonamides is 1. The van der Waals surface area contributed by atoms with Crippen LogP contribution in [0.4, 0.5) is 0 Å². The summed E-state index contributed by atoms with van der Waals surface area (Å²) in [5.41, 5.74) is 3.78. The average Bonchev–Trinajstić information content (AvgIpc) is 3.28. The Balaban J connectivity index is 1.43. The summed E-state index contributed by atoms with van der Waals surface area (Å²) in [5, 5.41) is 4.00. The van der Waals surface area contributed by atoms with Crippen LogP contribution in [0.15, 0.2) is 88.6 Å². The van der Waals surface area contributed by atoms with E-state index in [4.69, 9.17) is 4.74 Å². The first-order chi connectivity index (χ1) is 14.5. The van der Waals surface area contributed by atoms with E-state index in [0.717, 1.165) is 22.4 Å². The highest BCUT2D eigenvalue weighted by Crippen LogP contribution is 2.24. The van der Waals surface area contributed by atoms with Gasteiger partial charge in [0.15, 0.2) is 0 Å². The molecule has 0 saturated heterocycles. The van der Waals surface area contributed by atoms with E-state index in [9.17, 15) is 8.42 Å². The fraction of sp³-hybridized carbons (Fsp3) is 0.0870. The van der Waals surface area contributed by atoms with Crippen molar-refractivity contribution in [3.63, 3.8) is 0 Å². The maximum absolute atomic E-state index is 12.7. The zero-order valence-corrected chi connectivity index (χ0v) is 17.9. The van der Waals surface area contributed by atoms with E-state index in [0.29, 0.717) is 11.5 Å². The third-order valence-corrected chi connectivity index (χ3v) is 6.57. The quantitative estimate of drug-likeness (QED) is 0.422. The number of nitrogens with zero attached hydrogens (tertiary/aromatic N) is 1. The lowest BCUT2D eigenvalue weighted by molar-refractivity contribution is 0.481. The van der Waals surface area contributed by atoms with Crippen LogP contribution in [0.1, 0.15) is 11.1 Å². The first-order valence-electron chi connectivity index (χ1n) is 9.31. The van der Waals surface area contributed by atoms with Gasteiger partial charge in [0.1, 0.15) is 11.5 Å². The molecule has 5 nitrogen and oxygen atoms in total. The van der Waals surface area contributed by atoms with E-state index in [-0.39, 0.29) is 11.4 Å². The number of hydrogen-bond donors (Lipinski definition) is 1. The summed E-state index contributed by atoms with van der Waals surface area (Å²) in [4.78, 5) is 4.54. The lowest BCUT2D eigenvalue weighted by Gasteiger charge is -2.10. The molecule has 2 aromatic heterocycles. The molecule has 0 fully saturated rings. The Hall–Kier alpha value is -3.00. The zero-order valence-electron chi connectivity index (χ0n) is 16.3. The van der Waals surface area contributed by atoms with Gasteiger partial charge in [-0.3, -0.25) is 4.98 Å². The number of thiophene rings is 1. The number of aromatic nitrogens is 1. The number of aryl methyl sites for hydroxylation is 1. The lowest BCUT2D eigenvalue weighted by atomic mass is 10.1. The van der Waals surface area contributed by atoms with Gasteiger partial charge >= 0.3 is 0 Å². The Kier molecular flexibility index (Phi) is 5.94. The normalized spacial score (nSPS) is 11.4. The predicted molar refractivity (Wildman–Crippen MR) is 119 cm³/mol. The van der Waals surface area contributed by atoms with Crippen LogP contribution in [-0.2, 0) is 16.6 Å². The van der Waals surface area contributed by atoms with Crippen LogP contribution in [0.3, 0.4) is 0 Å². The Morgan fingerprint density at radius 1 is 1.00 bits per heavy atom. The zero-order chi connectivity index (χ0) is 21.0. The molecule has 0 saturated carbocycles. The summed E-state index contributed by atoms with van der Waals surface area (Å²) in [6.07, 6.45) is 1.69. The monoisotopic (exact) mass is 436 g/mol. The molecule has 2 heterocycles. The predicted octanol–water partition coefficient (Wildman–Crippen LogP) is 5.39. The molecule has 30 heavy (non-hydrogen) atoms. The highest BCUT2D eigenvalue weighted by molar-refractivity contribution is 7.89. The van der Waals surface area contributed by atoms with Gasteiger partial charge in [-0.2, -0.15) is 11.3 Å². The molecule has 0 spiro atoms. The van der Waals surface area contributed by atoms with Crippen LogP contribution in [0.5, 0.6) is 11.5 Å². The van der Waals surface area contributed by atoms with Gasteiger partial charge in [0.25, 0.3) is 0 Å². The van der Waals surface area contributed by atoms with Crippen molar-refractivity contribution >= 4 is 21.4 Å². The summed E-state index contributed by atoms with van der Waals surface area (Å²) in [5.74, 6) is 1.29. The van der Waals surface area contributed by atoms with Crippen molar-refractivity contribution in [3.8, 4) is 22.8 Å². The van der Waals surface area contributed by atoms with Gasteiger partial charge in [0, 0.05) is 23.7 Å². The second-order valence-electron chi connectivity index (χ2n) is 6.78. The van der Waals surface area contributed by atoms with Gasteiger partial charge in [-0.15, -0.1) is 0 Å². The summed E-state index contributed by atoms with van der Waals surface area (Å²) in [6, 6.07) is 19.7. The molecule has 0 aliphatic rings. The molecule has 152 valence electrons. The van der Waals surface area contributed by atoms with E-state index < -0.39 is 10.0 Å². The standard InChI is InChI=1S/C23H20N2O3S2/c1-17-3-2-4-21(13-17)28-20-5-7-22(8-6-20)30(26,27)25-15-18-9-11-24-23(14-18)19-10-12-29-16-19/h2-14,16,25H,15H2,1H3. The molecule has 0 unspecified atom stereocenters. The van der Waals surface area contributed by atoms with Crippen molar-refractivity contribution in [1.29, 1.82) is 0 Å². The smallest absolute Gasteiger partial charge is 0.240 e. The SMILES string of the molecule is Cc1cccc(Oc2ccc(S(=O)(=O)NCc3ccnc(-c4ccsc4)c3)cc2)c1. The first kappa shape index (κ1) is 20.3. The summed E-state index contributed by atoms with van der Waals surface area (Å²) in [7, 11) is -3.65. The van der Waals surface area contributed by atoms with Crippen LogP contribution in [0, 0.1) is 6.92 Å². The van der Waals surface area contributed by atoms with E-state index in [2.05, 4.69) is 9.71 Å². The molecule has 4 aromatic rings. The van der Waals surface area contributed by atoms with Crippen molar-refractivity contribution in [2.24, 2.45) is 0 Å². The van der Waals surface area contributed by atoms with Crippen LogP contribution in [-0.4, -0.2) is 13.4 Å². The number of hydrogen-bond acceptors (Lipinski definition) is 5. The highest BCUT2D eigenvalue weighted by atomic mass is 32.2. The topological polar surface area (TPSA) is 68.3 Å². The Labute approximate surface area is 180 Å². The van der Waals surface area contributed by atoms with E-state index >= 15 is 0 Å². The average molecular weight is 437 g/mol. The van der Waals surface area contributed by atoms with Crippen LogP contribution < -0.4 is 9.46 Å². The number of benzene rings is 2. The molecular formula is C23H20N2O3S2. The minimum atomic E-state index is -3.65. The minimum Gasteiger partial charge on any atom is -0.457 e. The van der Waals surface area contributed by atoms with Crippen molar-refractivity contribution in [1.82, 2.24) is 9.71 Å². The summed E-state index contributed by atoms with van der Waals surface area (Å²) >= 11 is 1.60. The minimum absolute atomic E-state index is 0.184. The Morgan fingerprint density at radius 3 is 2.57 bits per heavy atom. The first-order valence-corrected chi connectivity index (χ1v) is 11.7. The molecule has 0 aliphatic heterocycles. The number of pyridine rings is 1. The Bertz CT molecular complexity index is 1240. The molecule has 4 rings (SSSR count). The fourth-order valence-electron chi connectivity index (χ4n) is 2.92. The summed E-state index contributed by atoms with van der Waals surface area (Å²) in [6.45, 7) is 2.17. The summed E-state index contributed by atoms with van der Waals surface area (Å²) < 4.78 is 33.8. The fourth-order valence-corrected chi connectivity index (χ4v) is 4.58. The maximum atomic E-state index is 12.7. The van der Waals surface area contributed by atoms with Gasteiger partial charge in [-0.25, -0.2) is 13.1 Å². The highest BCUT2D eigenvalue weighted by Gasteiger charge is 2.14. The third kappa shape index (κ3) is 4.94. The Morgan fingerprint density at radius 2 is 1.83 bits per heavy atom. The molecule has 0 aliphatic carbocycles. The van der Waals surface area contributed by atoms with Crippen molar-refractivity contribution in [2.45, 2.75) is 18.4 Å². The number of rotatable bonds is 7. The molecule has 2 aromatic carbocycles. The number of ether oxygens (including phenoxy) is 1. The molecule has 7 heteroatoms. The van der Waals surface area contributed by atoms with Crippen LogP contribution >= 0.6 is 11.3 Å². The van der Waals surface area contributed by atoms with E-state index in [1.54, 1.807) is 35.7 Å². The third-order valence-electron chi connectivity index (χ3n) is 4.47. The maximum Gasteiger partial charge on any atom is 0.240 e. The van der Waals surface area contributed by atoms with E-state index in [1.165, 1.54) is 12.1 Å². The van der Waals surface area contributed by atoms with Crippen molar-refractivity contribution < 1.29 is 13.2 Å². The molecule has 0 bridgehead atoms. The molecule has 0 radical (unpaired) electrons. The van der Waals surface area contributed by atoms with Gasteiger partial charge in [0.2, 0.25) is 10.0 Å². The van der Waals surface area contributed by atoms with Gasteiger partial charge in [-0.05, 0) is 78.0 Å². The largest absolute Gasteiger partial charge is 0.457 e. The molecule has 0 amide bonds.